The van der Waals surface area contributed by atoms with Crippen LogP contribution in [0.3, 0.4) is 0 Å². The van der Waals surface area contributed by atoms with Gasteiger partial charge in [0.05, 0.1) is 19.4 Å². The van der Waals surface area contributed by atoms with Gasteiger partial charge >= 0.3 is 0 Å². The zero-order valence-electron chi connectivity index (χ0n) is 13.1. The monoisotopic (exact) mass is 306 g/mol. The smallest absolute Gasteiger partial charge is 0.239 e. The summed E-state index contributed by atoms with van der Waals surface area (Å²) in [5.41, 5.74) is 0. The molecule has 1 saturated carbocycles. The van der Waals surface area contributed by atoms with Gasteiger partial charge in [-0.3, -0.25) is 9.59 Å². The summed E-state index contributed by atoms with van der Waals surface area (Å²) in [6.45, 7) is 0.381. The summed E-state index contributed by atoms with van der Waals surface area (Å²) in [6.07, 6.45) is 10.8. The highest BCUT2D eigenvalue weighted by Crippen LogP contribution is 2.27. The predicted octanol–water partition coefficient (Wildman–Crippen LogP) is 2.76. The highest BCUT2D eigenvalue weighted by Gasteiger charge is 2.13. The van der Waals surface area contributed by atoms with Crippen molar-refractivity contribution in [3.63, 3.8) is 0 Å². The summed E-state index contributed by atoms with van der Waals surface area (Å²) in [6, 6.07) is 3.57. The molecule has 1 aromatic rings. The Morgan fingerprint density at radius 1 is 1.14 bits per heavy atom. The molecule has 0 spiro atoms. The number of amides is 2. The Morgan fingerprint density at radius 3 is 2.68 bits per heavy atom. The average Bonchev–Trinajstić information content (AvgIpc) is 3.05. The normalized spacial score (nSPS) is 15.5. The second-order valence-corrected chi connectivity index (χ2v) is 6.03. The summed E-state index contributed by atoms with van der Waals surface area (Å²) in [7, 11) is 0. The van der Waals surface area contributed by atoms with Crippen molar-refractivity contribution in [3.8, 4) is 0 Å². The first-order valence-electron chi connectivity index (χ1n) is 8.30. The van der Waals surface area contributed by atoms with Crippen molar-refractivity contribution in [2.45, 2.75) is 57.9 Å². The third kappa shape index (κ3) is 6.33. The molecular formula is C17H26N2O3. The second-order valence-electron chi connectivity index (χ2n) is 6.03. The number of carbonyl (C=O) groups is 2. The lowest BCUT2D eigenvalue weighted by molar-refractivity contribution is -0.126. The predicted molar refractivity (Wildman–Crippen MR) is 84.0 cm³/mol. The molecule has 1 fully saturated rings. The lowest BCUT2D eigenvalue weighted by atomic mass is 9.86. The van der Waals surface area contributed by atoms with Crippen LogP contribution in [0.5, 0.6) is 0 Å². The van der Waals surface area contributed by atoms with E-state index in [1.165, 1.54) is 32.1 Å². The van der Waals surface area contributed by atoms with Crippen LogP contribution in [0.15, 0.2) is 22.8 Å². The SMILES string of the molecule is O=C(CCCC1CCCCC1)NCC(=O)NCc1ccco1. The Labute approximate surface area is 131 Å². The molecule has 0 unspecified atom stereocenters. The fraction of sp³-hybridized carbons (Fsp3) is 0.647. The van der Waals surface area contributed by atoms with Crippen LogP contribution < -0.4 is 10.6 Å². The molecule has 0 saturated heterocycles. The van der Waals surface area contributed by atoms with E-state index < -0.39 is 0 Å². The van der Waals surface area contributed by atoms with Crippen LogP contribution in [-0.4, -0.2) is 18.4 Å². The molecule has 0 atom stereocenters. The zero-order chi connectivity index (χ0) is 15.6. The molecule has 1 aliphatic rings. The first-order valence-corrected chi connectivity index (χ1v) is 8.30. The van der Waals surface area contributed by atoms with Crippen LogP contribution in [0.25, 0.3) is 0 Å². The lowest BCUT2D eigenvalue weighted by Crippen LogP contribution is -2.36. The lowest BCUT2D eigenvalue weighted by Gasteiger charge is -2.21. The summed E-state index contributed by atoms with van der Waals surface area (Å²) in [4.78, 5) is 23.3. The van der Waals surface area contributed by atoms with E-state index in [9.17, 15) is 9.59 Å². The summed E-state index contributed by atoms with van der Waals surface area (Å²) >= 11 is 0. The van der Waals surface area contributed by atoms with Crippen LogP contribution in [-0.2, 0) is 16.1 Å². The fourth-order valence-corrected chi connectivity index (χ4v) is 2.96. The Hall–Kier alpha value is -1.78. The Morgan fingerprint density at radius 2 is 1.95 bits per heavy atom. The highest BCUT2D eigenvalue weighted by atomic mass is 16.3. The van der Waals surface area contributed by atoms with Gasteiger partial charge in [0.2, 0.25) is 11.8 Å². The van der Waals surface area contributed by atoms with E-state index in [1.807, 2.05) is 0 Å². The molecule has 2 N–H and O–H groups in total. The van der Waals surface area contributed by atoms with Crippen molar-refractivity contribution in [3.05, 3.63) is 24.2 Å². The molecule has 0 radical (unpaired) electrons. The fourth-order valence-electron chi connectivity index (χ4n) is 2.96. The minimum absolute atomic E-state index is 0.0307. The first kappa shape index (κ1) is 16.6. The molecule has 1 aliphatic carbocycles. The van der Waals surface area contributed by atoms with Crippen LogP contribution in [0.2, 0.25) is 0 Å². The molecular weight excluding hydrogens is 280 g/mol. The quantitative estimate of drug-likeness (QED) is 0.776. The standard InChI is InChI=1S/C17H26N2O3/c20-16(10-4-8-14-6-2-1-3-7-14)19-13-17(21)18-12-15-9-5-11-22-15/h5,9,11,14H,1-4,6-8,10,12-13H2,(H,18,21)(H,19,20). The third-order valence-electron chi connectivity index (χ3n) is 4.23. The van der Waals surface area contributed by atoms with E-state index in [4.69, 9.17) is 4.42 Å². The molecule has 22 heavy (non-hydrogen) atoms. The van der Waals surface area contributed by atoms with Crippen molar-refractivity contribution in [1.29, 1.82) is 0 Å². The van der Waals surface area contributed by atoms with Gasteiger partial charge in [-0.1, -0.05) is 32.1 Å². The van der Waals surface area contributed by atoms with Gasteiger partial charge in [-0.2, -0.15) is 0 Å². The van der Waals surface area contributed by atoms with Gasteiger partial charge in [0.25, 0.3) is 0 Å². The van der Waals surface area contributed by atoms with E-state index in [1.54, 1.807) is 18.4 Å². The van der Waals surface area contributed by atoms with E-state index >= 15 is 0 Å². The molecule has 2 amide bonds. The van der Waals surface area contributed by atoms with Gasteiger partial charge in [0.15, 0.2) is 0 Å². The molecule has 0 aliphatic heterocycles. The summed E-state index contributed by atoms with van der Waals surface area (Å²) in [5, 5.41) is 5.37. The number of rotatable bonds is 8. The summed E-state index contributed by atoms with van der Waals surface area (Å²) in [5.74, 6) is 1.27. The minimum Gasteiger partial charge on any atom is -0.467 e. The van der Waals surface area contributed by atoms with Gasteiger partial charge in [0, 0.05) is 6.42 Å². The van der Waals surface area contributed by atoms with Crippen LogP contribution >= 0.6 is 0 Å². The van der Waals surface area contributed by atoms with E-state index in [0.717, 1.165) is 18.8 Å². The maximum atomic E-state index is 11.7. The Bertz CT molecular complexity index is 450. The minimum atomic E-state index is -0.197. The number of hydrogen-bond donors (Lipinski definition) is 2. The van der Waals surface area contributed by atoms with Crippen molar-refractivity contribution in [2.75, 3.05) is 6.54 Å². The third-order valence-corrected chi connectivity index (χ3v) is 4.23. The molecule has 0 bridgehead atoms. The molecule has 2 rings (SSSR count). The van der Waals surface area contributed by atoms with E-state index in [-0.39, 0.29) is 18.4 Å². The largest absolute Gasteiger partial charge is 0.467 e. The first-order chi connectivity index (χ1) is 10.7. The molecule has 1 aromatic heterocycles. The van der Waals surface area contributed by atoms with Gasteiger partial charge < -0.3 is 15.1 Å². The van der Waals surface area contributed by atoms with Crippen LogP contribution in [0, 0.1) is 5.92 Å². The molecule has 1 heterocycles. The van der Waals surface area contributed by atoms with Crippen LogP contribution in [0.4, 0.5) is 0 Å². The molecule has 5 heteroatoms. The van der Waals surface area contributed by atoms with Crippen molar-refractivity contribution in [2.24, 2.45) is 5.92 Å². The van der Waals surface area contributed by atoms with Gasteiger partial charge in [0.1, 0.15) is 5.76 Å². The number of carbonyl (C=O) groups excluding carboxylic acids is 2. The molecule has 0 aromatic carbocycles. The topological polar surface area (TPSA) is 71.3 Å². The zero-order valence-corrected chi connectivity index (χ0v) is 13.1. The van der Waals surface area contributed by atoms with E-state index in [2.05, 4.69) is 10.6 Å². The Balaban J connectivity index is 1.50. The van der Waals surface area contributed by atoms with Gasteiger partial charge in [-0.25, -0.2) is 0 Å². The second kappa shape index (κ2) is 9.28. The van der Waals surface area contributed by atoms with Gasteiger partial charge in [-0.15, -0.1) is 0 Å². The average molecular weight is 306 g/mol. The van der Waals surface area contributed by atoms with Crippen molar-refractivity contribution >= 4 is 11.8 Å². The van der Waals surface area contributed by atoms with Crippen molar-refractivity contribution < 1.29 is 14.0 Å². The number of hydrogen-bond acceptors (Lipinski definition) is 3. The maximum absolute atomic E-state index is 11.7. The molecule has 122 valence electrons. The number of nitrogens with one attached hydrogen (secondary N) is 2. The number of furan rings is 1. The maximum Gasteiger partial charge on any atom is 0.239 e. The van der Waals surface area contributed by atoms with Gasteiger partial charge in [-0.05, 0) is 30.9 Å². The summed E-state index contributed by atoms with van der Waals surface area (Å²) < 4.78 is 5.12. The van der Waals surface area contributed by atoms with Crippen molar-refractivity contribution in [1.82, 2.24) is 10.6 Å². The van der Waals surface area contributed by atoms with E-state index in [0.29, 0.717) is 18.7 Å². The highest BCUT2D eigenvalue weighted by molar-refractivity contribution is 5.84. The van der Waals surface area contributed by atoms with Crippen LogP contribution in [0.1, 0.15) is 57.1 Å². The molecule has 5 nitrogen and oxygen atoms in total. The Kier molecular flexibility index (Phi) is 7.00.